The number of benzene rings is 2. The Kier molecular flexibility index (Phi) is 8.30. The maximum atomic E-state index is 10.6. The van der Waals surface area contributed by atoms with E-state index in [1.807, 2.05) is 0 Å². The lowest BCUT2D eigenvalue weighted by Crippen LogP contribution is -2.54. The molecule has 0 aliphatic heterocycles. The van der Waals surface area contributed by atoms with E-state index < -0.39 is 14.2 Å². The molecule has 4 heteroatoms. The summed E-state index contributed by atoms with van der Waals surface area (Å²) in [7, 11) is -2.60. The zero-order valence-electron chi connectivity index (χ0n) is 23.5. The molecule has 1 saturated carbocycles. The number of aryl methyl sites for hydroxylation is 2. The minimum absolute atomic E-state index is 0.133. The standard InChI is InChI=1S/C31H47O3P/c1-10-11-17-30(18-12-19-30)31(34-35(32)33,24-15-13-22(2)20-26(24)28(4,5)6)25-16-14-23(3)21-27(25)29(7,8)9/h13-16,20-21,32-33H,10-12,17-19H2,1-9H3. The lowest BCUT2D eigenvalue weighted by molar-refractivity contribution is -0.0994. The van der Waals surface area contributed by atoms with Crippen molar-refractivity contribution >= 4 is 8.60 Å². The first kappa shape index (κ1) is 28.3. The van der Waals surface area contributed by atoms with Crippen molar-refractivity contribution in [3.63, 3.8) is 0 Å². The number of hydrogen-bond acceptors (Lipinski definition) is 3. The van der Waals surface area contributed by atoms with Crippen molar-refractivity contribution in [3.8, 4) is 0 Å². The molecule has 2 aromatic rings. The first-order valence-electron chi connectivity index (χ1n) is 13.3. The molecule has 2 aromatic carbocycles. The fourth-order valence-electron chi connectivity index (χ4n) is 6.10. The van der Waals surface area contributed by atoms with Gasteiger partial charge in [0.05, 0.1) is 0 Å². The van der Waals surface area contributed by atoms with Crippen molar-refractivity contribution in [2.45, 2.75) is 117 Å². The summed E-state index contributed by atoms with van der Waals surface area (Å²) in [6.45, 7) is 20.0. The van der Waals surface area contributed by atoms with Gasteiger partial charge < -0.3 is 9.79 Å². The monoisotopic (exact) mass is 498 g/mol. The van der Waals surface area contributed by atoms with Gasteiger partial charge in [-0.15, -0.1) is 0 Å². The van der Waals surface area contributed by atoms with Gasteiger partial charge >= 0.3 is 8.60 Å². The normalized spacial score (nSPS) is 16.5. The van der Waals surface area contributed by atoms with Crippen LogP contribution in [0.1, 0.15) is 120 Å². The Labute approximate surface area is 215 Å². The Morgan fingerprint density at radius 3 is 1.57 bits per heavy atom. The Morgan fingerprint density at radius 2 is 1.26 bits per heavy atom. The highest BCUT2D eigenvalue weighted by molar-refractivity contribution is 7.39. The summed E-state index contributed by atoms with van der Waals surface area (Å²) in [6, 6.07) is 13.3. The van der Waals surface area contributed by atoms with Gasteiger partial charge in [-0.25, -0.2) is 0 Å². The highest BCUT2D eigenvalue weighted by Crippen LogP contribution is 2.66. The first-order valence-corrected chi connectivity index (χ1v) is 14.4. The predicted molar refractivity (Wildman–Crippen MR) is 149 cm³/mol. The number of hydrogen-bond donors (Lipinski definition) is 2. The van der Waals surface area contributed by atoms with Gasteiger partial charge in [0, 0.05) is 5.41 Å². The van der Waals surface area contributed by atoms with E-state index in [1.54, 1.807) is 0 Å². The van der Waals surface area contributed by atoms with Gasteiger partial charge in [0.25, 0.3) is 0 Å². The second-order valence-electron chi connectivity index (χ2n) is 12.9. The highest BCUT2D eigenvalue weighted by atomic mass is 31.2. The number of unbranched alkanes of at least 4 members (excludes halogenated alkanes) is 1. The molecule has 35 heavy (non-hydrogen) atoms. The van der Waals surface area contributed by atoms with Crippen LogP contribution in [0.3, 0.4) is 0 Å². The van der Waals surface area contributed by atoms with Crippen LogP contribution in [0, 0.1) is 19.3 Å². The maximum Gasteiger partial charge on any atom is 0.328 e. The fraction of sp³-hybridized carbons (Fsp3) is 0.613. The molecule has 0 aromatic heterocycles. The molecule has 0 saturated heterocycles. The zero-order valence-corrected chi connectivity index (χ0v) is 24.4. The molecule has 0 spiro atoms. The average Bonchev–Trinajstić information content (AvgIpc) is 2.70. The van der Waals surface area contributed by atoms with Crippen LogP contribution in [0.25, 0.3) is 0 Å². The Hall–Kier alpha value is -1.25. The van der Waals surface area contributed by atoms with Gasteiger partial charge in [-0.1, -0.05) is 115 Å². The second kappa shape index (κ2) is 10.3. The van der Waals surface area contributed by atoms with Crippen LogP contribution in [0.5, 0.6) is 0 Å². The molecule has 1 fully saturated rings. The van der Waals surface area contributed by atoms with E-state index in [9.17, 15) is 9.79 Å². The molecular weight excluding hydrogens is 451 g/mol. The minimum Gasteiger partial charge on any atom is -0.328 e. The van der Waals surface area contributed by atoms with Gasteiger partial charge in [0.2, 0.25) is 0 Å². The SMILES string of the molecule is CCCCC1(C(OP(O)O)(c2ccc(C)cc2C(C)(C)C)c2ccc(C)cc2C(C)(C)C)CCC1. The number of rotatable bonds is 8. The molecule has 0 heterocycles. The van der Waals surface area contributed by atoms with Gasteiger partial charge in [0.15, 0.2) is 0 Å². The molecule has 194 valence electrons. The lowest BCUT2D eigenvalue weighted by Gasteiger charge is -2.58. The molecule has 3 nitrogen and oxygen atoms in total. The predicted octanol–water partition coefficient (Wildman–Crippen LogP) is 8.73. The van der Waals surface area contributed by atoms with E-state index in [2.05, 4.69) is 98.7 Å². The summed E-state index contributed by atoms with van der Waals surface area (Å²) in [5, 5.41) is 0. The van der Waals surface area contributed by atoms with E-state index in [4.69, 9.17) is 4.52 Å². The van der Waals surface area contributed by atoms with Crippen molar-refractivity contribution in [1.29, 1.82) is 0 Å². The summed E-state index contributed by atoms with van der Waals surface area (Å²) in [5.74, 6) is 0. The van der Waals surface area contributed by atoms with Crippen molar-refractivity contribution in [2.75, 3.05) is 0 Å². The zero-order chi connectivity index (χ0) is 26.2. The topological polar surface area (TPSA) is 49.7 Å². The van der Waals surface area contributed by atoms with Crippen LogP contribution in [0.15, 0.2) is 36.4 Å². The van der Waals surface area contributed by atoms with Crippen molar-refractivity contribution in [1.82, 2.24) is 0 Å². The molecule has 2 N–H and O–H groups in total. The molecule has 0 amide bonds. The quantitative estimate of drug-likeness (QED) is 0.358. The van der Waals surface area contributed by atoms with Crippen LogP contribution in [-0.2, 0) is 21.0 Å². The third-order valence-corrected chi connectivity index (χ3v) is 8.45. The Morgan fingerprint density at radius 1 is 0.800 bits per heavy atom. The largest absolute Gasteiger partial charge is 0.328 e. The molecule has 0 unspecified atom stereocenters. The fourth-order valence-corrected chi connectivity index (χ4v) is 6.74. The average molecular weight is 499 g/mol. The van der Waals surface area contributed by atoms with Crippen molar-refractivity contribution in [3.05, 3.63) is 69.8 Å². The molecule has 3 rings (SSSR count). The van der Waals surface area contributed by atoms with Crippen LogP contribution in [0.2, 0.25) is 0 Å². The van der Waals surface area contributed by atoms with Gasteiger partial charge in [-0.2, -0.15) is 0 Å². The van der Waals surface area contributed by atoms with E-state index in [1.165, 1.54) is 22.3 Å². The lowest BCUT2D eigenvalue weighted by atomic mass is 9.51. The minimum atomic E-state index is -2.60. The van der Waals surface area contributed by atoms with E-state index in [-0.39, 0.29) is 16.2 Å². The van der Waals surface area contributed by atoms with Gasteiger partial charge in [-0.3, -0.25) is 4.52 Å². The first-order chi connectivity index (χ1) is 16.2. The molecule has 0 atom stereocenters. The third-order valence-electron chi connectivity index (χ3n) is 8.01. The van der Waals surface area contributed by atoms with Crippen LogP contribution in [-0.4, -0.2) is 9.79 Å². The van der Waals surface area contributed by atoms with Crippen molar-refractivity contribution < 1.29 is 14.3 Å². The van der Waals surface area contributed by atoms with Gasteiger partial charge in [0.1, 0.15) is 5.60 Å². The van der Waals surface area contributed by atoms with Crippen molar-refractivity contribution in [2.24, 2.45) is 5.41 Å². The summed E-state index contributed by atoms with van der Waals surface area (Å²) in [6.07, 6.45) is 6.37. The molecule has 0 radical (unpaired) electrons. The smallest absolute Gasteiger partial charge is 0.328 e. The van der Waals surface area contributed by atoms with Crippen LogP contribution in [0.4, 0.5) is 0 Å². The van der Waals surface area contributed by atoms with Crippen LogP contribution < -0.4 is 0 Å². The summed E-state index contributed by atoms with van der Waals surface area (Å²) < 4.78 is 6.64. The molecule has 0 bridgehead atoms. The summed E-state index contributed by atoms with van der Waals surface area (Å²) in [4.78, 5) is 21.2. The van der Waals surface area contributed by atoms with E-state index >= 15 is 0 Å². The highest BCUT2D eigenvalue weighted by Gasteiger charge is 2.60. The summed E-state index contributed by atoms with van der Waals surface area (Å²) >= 11 is 0. The second-order valence-corrected chi connectivity index (χ2v) is 13.5. The third kappa shape index (κ3) is 5.40. The Balaban J connectivity index is 2.55. The summed E-state index contributed by atoms with van der Waals surface area (Å²) in [5.41, 5.74) is 5.64. The Bertz CT molecular complexity index is 959. The molecular formula is C31H47O3P. The van der Waals surface area contributed by atoms with E-state index in [0.717, 1.165) is 49.7 Å². The molecule has 1 aliphatic carbocycles. The van der Waals surface area contributed by atoms with Gasteiger partial charge in [-0.05, 0) is 66.2 Å². The molecule has 1 aliphatic rings. The van der Waals surface area contributed by atoms with E-state index in [0.29, 0.717) is 0 Å². The maximum absolute atomic E-state index is 10.6. The van der Waals surface area contributed by atoms with Crippen LogP contribution >= 0.6 is 8.60 Å².